The molecule has 1 rings (SSSR count). The van der Waals surface area contributed by atoms with E-state index in [1.54, 1.807) is 0 Å². The molecule has 0 unspecified atom stereocenters. The summed E-state index contributed by atoms with van der Waals surface area (Å²) in [7, 11) is 0. The second kappa shape index (κ2) is 6.05. The van der Waals surface area contributed by atoms with E-state index < -0.39 is 0 Å². The van der Waals surface area contributed by atoms with Gasteiger partial charge in [0.1, 0.15) is 0 Å². The molecule has 1 saturated carbocycles. The summed E-state index contributed by atoms with van der Waals surface area (Å²) in [5.74, 6) is 1.65. The highest BCUT2D eigenvalue weighted by Gasteiger charge is 2.36. The van der Waals surface area contributed by atoms with E-state index in [9.17, 15) is 4.79 Å². The summed E-state index contributed by atoms with van der Waals surface area (Å²) in [6.45, 7) is 6.58. The average molecular weight is 245 g/mol. The van der Waals surface area contributed by atoms with Gasteiger partial charge in [-0.3, -0.25) is 4.79 Å². The summed E-state index contributed by atoms with van der Waals surface area (Å²) < 4.78 is 0. The number of carbonyl (C=O) groups is 1. The molecule has 0 N–H and O–H groups in total. The van der Waals surface area contributed by atoms with E-state index in [4.69, 9.17) is 11.6 Å². The standard InChI is InChI=1S/C14H25ClO/c1-11(2)5-4-6-12-7-9-14(3,10-8-12)13(15)16/h11-12H,4-10H2,1-3H3. The Bertz CT molecular complexity index is 227. The average Bonchev–Trinajstić information content (AvgIpc) is 2.20. The highest BCUT2D eigenvalue weighted by Crippen LogP contribution is 2.41. The monoisotopic (exact) mass is 244 g/mol. The first-order chi connectivity index (χ1) is 7.44. The molecule has 0 bridgehead atoms. The second-order valence-electron chi connectivity index (χ2n) is 6.10. The van der Waals surface area contributed by atoms with Gasteiger partial charge in [0.05, 0.1) is 0 Å². The van der Waals surface area contributed by atoms with Gasteiger partial charge in [0.2, 0.25) is 5.24 Å². The fourth-order valence-corrected chi connectivity index (χ4v) is 2.80. The van der Waals surface area contributed by atoms with Crippen molar-refractivity contribution in [3.8, 4) is 0 Å². The van der Waals surface area contributed by atoms with Gasteiger partial charge in [-0.05, 0) is 49.1 Å². The maximum atomic E-state index is 11.3. The molecule has 1 aliphatic carbocycles. The van der Waals surface area contributed by atoms with E-state index in [1.807, 2.05) is 6.92 Å². The van der Waals surface area contributed by atoms with Crippen LogP contribution in [0.1, 0.15) is 65.7 Å². The third kappa shape index (κ3) is 4.08. The third-order valence-electron chi connectivity index (χ3n) is 4.08. The first-order valence-electron chi connectivity index (χ1n) is 6.64. The molecule has 1 fully saturated rings. The van der Waals surface area contributed by atoms with Crippen molar-refractivity contribution in [2.45, 2.75) is 65.7 Å². The molecule has 0 radical (unpaired) electrons. The van der Waals surface area contributed by atoms with Gasteiger partial charge in [0, 0.05) is 5.41 Å². The fraction of sp³-hybridized carbons (Fsp3) is 0.929. The highest BCUT2D eigenvalue weighted by molar-refractivity contribution is 6.64. The van der Waals surface area contributed by atoms with Gasteiger partial charge in [-0.2, -0.15) is 0 Å². The normalized spacial score (nSPS) is 30.7. The molecule has 2 heteroatoms. The van der Waals surface area contributed by atoms with Crippen LogP contribution in [-0.4, -0.2) is 5.24 Å². The van der Waals surface area contributed by atoms with E-state index in [1.165, 1.54) is 32.1 Å². The van der Waals surface area contributed by atoms with Gasteiger partial charge in [0.15, 0.2) is 0 Å². The van der Waals surface area contributed by atoms with Crippen molar-refractivity contribution in [3.05, 3.63) is 0 Å². The summed E-state index contributed by atoms with van der Waals surface area (Å²) in [6, 6.07) is 0. The molecular weight excluding hydrogens is 220 g/mol. The number of carbonyl (C=O) groups excluding carboxylic acids is 1. The Morgan fingerprint density at radius 1 is 1.38 bits per heavy atom. The van der Waals surface area contributed by atoms with Crippen LogP contribution in [0.2, 0.25) is 0 Å². The van der Waals surface area contributed by atoms with Crippen LogP contribution in [-0.2, 0) is 4.79 Å². The molecule has 0 aromatic carbocycles. The van der Waals surface area contributed by atoms with Crippen molar-refractivity contribution in [1.82, 2.24) is 0 Å². The first kappa shape index (κ1) is 14.0. The number of halogens is 1. The Morgan fingerprint density at radius 3 is 2.38 bits per heavy atom. The minimum atomic E-state index is -0.226. The van der Waals surface area contributed by atoms with E-state index in [2.05, 4.69) is 13.8 Å². The predicted octanol–water partition coefficient (Wildman–Crippen LogP) is 4.77. The molecule has 1 nitrogen and oxygen atoms in total. The Labute approximate surface area is 105 Å². The summed E-state index contributed by atoms with van der Waals surface area (Å²) in [5.41, 5.74) is -0.226. The van der Waals surface area contributed by atoms with Gasteiger partial charge in [-0.1, -0.05) is 40.0 Å². The van der Waals surface area contributed by atoms with Gasteiger partial charge < -0.3 is 0 Å². The minimum Gasteiger partial charge on any atom is -0.281 e. The van der Waals surface area contributed by atoms with Crippen LogP contribution in [0.3, 0.4) is 0 Å². The first-order valence-corrected chi connectivity index (χ1v) is 7.02. The fourth-order valence-electron chi connectivity index (χ4n) is 2.61. The van der Waals surface area contributed by atoms with Crippen molar-refractivity contribution in [3.63, 3.8) is 0 Å². The molecular formula is C14H25ClO. The molecule has 0 heterocycles. The van der Waals surface area contributed by atoms with Crippen LogP contribution in [0.4, 0.5) is 0 Å². The van der Waals surface area contributed by atoms with E-state index in [0.717, 1.165) is 24.7 Å². The lowest BCUT2D eigenvalue weighted by molar-refractivity contribution is -0.121. The minimum absolute atomic E-state index is 0.131. The molecule has 0 aromatic heterocycles. The number of hydrogen-bond donors (Lipinski definition) is 0. The summed E-state index contributed by atoms with van der Waals surface area (Å²) >= 11 is 5.65. The predicted molar refractivity (Wildman–Crippen MR) is 69.6 cm³/mol. The van der Waals surface area contributed by atoms with E-state index in [0.29, 0.717) is 0 Å². The Morgan fingerprint density at radius 2 is 1.94 bits per heavy atom. The Hall–Kier alpha value is -0.0400. The zero-order chi connectivity index (χ0) is 12.2. The summed E-state index contributed by atoms with van der Waals surface area (Å²) in [6.07, 6.45) is 8.37. The summed E-state index contributed by atoms with van der Waals surface area (Å²) in [5, 5.41) is -0.131. The molecule has 94 valence electrons. The molecule has 0 aliphatic heterocycles. The van der Waals surface area contributed by atoms with E-state index >= 15 is 0 Å². The van der Waals surface area contributed by atoms with Crippen molar-refractivity contribution < 1.29 is 4.79 Å². The SMILES string of the molecule is CC(C)CCCC1CCC(C)(C(=O)Cl)CC1. The lowest BCUT2D eigenvalue weighted by Crippen LogP contribution is -2.29. The molecule has 0 atom stereocenters. The van der Waals surface area contributed by atoms with Crippen molar-refractivity contribution in [2.75, 3.05) is 0 Å². The van der Waals surface area contributed by atoms with Gasteiger partial charge in [0.25, 0.3) is 0 Å². The van der Waals surface area contributed by atoms with Crippen LogP contribution >= 0.6 is 11.6 Å². The molecule has 0 spiro atoms. The smallest absolute Gasteiger partial charge is 0.227 e. The van der Waals surface area contributed by atoms with Crippen LogP contribution in [0.25, 0.3) is 0 Å². The molecule has 16 heavy (non-hydrogen) atoms. The van der Waals surface area contributed by atoms with E-state index in [-0.39, 0.29) is 10.7 Å². The van der Waals surface area contributed by atoms with Crippen LogP contribution in [0, 0.1) is 17.3 Å². The quantitative estimate of drug-likeness (QED) is 0.637. The zero-order valence-corrected chi connectivity index (χ0v) is 11.6. The lowest BCUT2D eigenvalue weighted by Gasteiger charge is -2.34. The van der Waals surface area contributed by atoms with Crippen LogP contribution < -0.4 is 0 Å². The second-order valence-corrected chi connectivity index (χ2v) is 6.45. The zero-order valence-electron chi connectivity index (χ0n) is 10.9. The van der Waals surface area contributed by atoms with Gasteiger partial charge in [-0.15, -0.1) is 0 Å². The van der Waals surface area contributed by atoms with Crippen molar-refractivity contribution >= 4 is 16.8 Å². The van der Waals surface area contributed by atoms with Crippen molar-refractivity contribution in [1.29, 1.82) is 0 Å². The lowest BCUT2D eigenvalue weighted by atomic mass is 9.71. The Kier molecular flexibility index (Phi) is 5.30. The maximum absolute atomic E-state index is 11.3. The largest absolute Gasteiger partial charge is 0.281 e. The number of hydrogen-bond acceptors (Lipinski definition) is 1. The number of rotatable bonds is 5. The third-order valence-corrected chi connectivity index (χ3v) is 4.53. The topological polar surface area (TPSA) is 17.1 Å². The summed E-state index contributed by atoms with van der Waals surface area (Å²) in [4.78, 5) is 11.3. The highest BCUT2D eigenvalue weighted by atomic mass is 35.5. The van der Waals surface area contributed by atoms with Crippen LogP contribution in [0.15, 0.2) is 0 Å². The van der Waals surface area contributed by atoms with Gasteiger partial charge in [-0.25, -0.2) is 0 Å². The maximum Gasteiger partial charge on any atom is 0.227 e. The molecule has 0 aromatic rings. The molecule has 0 saturated heterocycles. The van der Waals surface area contributed by atoms with Crippen molar-refractivity contribution in [2.24, 2.45) is 17.3 Å². The van der Waals surface area contributed by atoms with Gasteiger partial charge >= 0.3 is 0 Å². The Balaban J connectivity index is 2.24. The molecule has 0 amide bonds. The van der Waals surface area contributed by atoms with Crippen LogP contribution in [0.5, 0.6) is 0 Å². The molecule has 1 aliphatic rings.